The van der Waals surface area contributed by atoms with Gasteiger partial charge in [0.2, 0.25) is 0 Å². The van der Waals surface area contributed by atoms with E-state index in [1.54, 1.807) is 11.3 Å². The first-order chi connectivity index (χ1) is 10.3. The van der Waals surface area contributed by atoms with Crippen LogP contribution < -0.4 is 4.74 Å². The summed E-state index contributed by atoms with van der Waals surface area (Å²) in [7, 11) is 0. The minimum Gasteiger partial charge on any atom is -0.481 e. The number of ether oxygens (including phenoxy) is 1. The van der Waals surface area contributed by atoms with Crippen molar-refractivity contribution in [3.8, 4) is 5.75 Å². The van der Waals surface area contributed by atoms with Crippen molar-refractivity contribution in [2.45, 2.75) is 12.2 Å². The molecule has 0 bridgehead atoms. The second kappa shape index (κ2) is 6.26. The van der Waals surface area contributed by atoms with Gasteiger partial charge in [-0.25, -0.2) is 0 Å². The largest absolute Gasteiger partial charge is 0.481 e. The number of rotatable bonds is 5. The molecule has 3 nitrogen and oxygen atoms in total. The van der Waals surface area contributed by atoms with Crippen LogP contribution >= 0.6 is 11.3 Å². The molecule has 0 unspecified atom stereocenters. The summed E-state index contributed by atoms with van der Waals surface area (Å²) < 4.78 is 7.07. The first-order valence-electron chi connectivity index (χ1n) is 6.76. The molecule has 2 N–H and O–H groups in total. The Labute approximate surface area is 127 Å². The summed E-state index contributed by atoms with van der Waals surface area (Å²) in [5, 5.41) is 22.5. The van der Waals surface area contributed by atoms with Crippen LogP contribution in [0.25, 0.3) is 10.1 Å². The second-order valence-corrected chi connectivity index (χ2v) is 5.71. The molecule has 2 aromatic carbocycles. The van der Waals surface area contributed by atoms with Crippen molar-refractivity contribution in [3.63, 3.8) is 0 Å². The van der Waals surface area contributed by atoms with Gasteiger partial charge in [0.05, 0.1) is 11.3 Å². The highest BCUT2D eigenvalue weighted by Crippen LogP contribution is 2.34. The van der Waals surface area contributed by atoms with E-state index < -0.39 is 12.2 Å². The van der Waals surface area contributed by atoms with Crippen molar-refractivity contribution in [2.75, 3.05) is 6.61 Å². The molecule has 0 aliphatic carbocycles. The van der Waals surface area contributed by atoms with Gasteiger partial charge < -0.3 is 14.9 Å². The van der Waals surface area contributed by atoms with Crippen molar-refractivity contribution in [3.05, 3.63) is 65.5 Å². The molecule has 3 aromatic rings. The topological polar surface area (TPSA) is 49.7 Å². The lowest BCUT2D eigenvalue weighted by molar-refractivity contribution is -0.00116. The molecule has 0 amide bonds. The van der Waals surface area contributed by atoms with Crippen LogP contribution in [0, 0.1) is 0 Å². The zero-order valence-electron chi connectivity index (χ0n) is 11.3. The molecule has 2 atom stereocenters. The molecular formula is C17H16O3S. The van der Waals surface area contributed by atoms with Crippen molar-refractivity contribution < 1.29 is 14.9 Å². The smallest absolute Gasteiger partial charge is 0.152 e. The quantitative estimate of drug-likeness (QED) is 0.759. The monoisotopic (exact) mass is 300 g/mol. The number of aliphatic hydroxyl groups is 2. The van der Waals surface area contributed by atoms with Gasteiger partial charge in [0.25, 0.3) is 0 Å². The lowest BCUT2D eigenvalue weighted by atomic mass is 10.0. The standard InChI is InChI=1S/C17H16O3S/c18-11-14(19)16(12-5-2-1-3-6-12)20-15-8-4-7-13-9-10-21-17(13)15/h1-10,14,16,18-19H,11H2/t14-,16+/m0/s1. The molecular weight excluding hydrogens is 284 g/mol. The van der Waals surface area contributed by atoms with Crippen molar-refractivity contribution in [1.82, 2.24) is 0 Å². The molecule has 21 heavy (non-hydrogen) atoms. The zero-order chi connectivity index (χ0) is 14.7. The molecule has 1 heterocycles. The maximum absolute atomic E-state index is 10.1. The fraction of sp³-hybridized carbons (Fsp3) is 0.176. The molecule has 4 heteroatoms. The molecule has 0 fully saturated rings. The highest BCUT2D eigenvalue weighted by Gasteiger charge is 2.23. The van der Waals surface area contributed by atoms with E-state index in [4.69, 9.17) is 4.74 Å². The summed E-state index contributed by atoms with van der Waals surface area (Å²) in [6, 6.07) is 17.3. The van der Waals surface area contributed by atoms with Gasteiger partial charge in [0, 0.05) is 0 Å². The maximum atomic E-state index is 10.1. The normalized spacial score (nSPS) is 14.0. The van der Waals surface area contributed by atoms with Gasteiger partial charge in [-0.3, -0.25) is 0 Å². The highest BCUT2D eigenvalue weighted by molar-refractivity contribution is 7.17. The van der Waals surface area contributed by atoms with Crippen LogP contribution in [0.3, 0.4) is 0 Å². The Balaban J connectivity index is 1.97. The molecule has 1 aromatic heterocycles. The average molecular weight is 300 g/mol. The van der Waals surface area contributed by atoms with Gasteiger partial charge in [-0.15, -0.1) is 11.3 Å². The van der Waals surface area contributed by atoms with E-state index in [1.807, 2.05) is 60.0 Å². The van der Waals surface area contributed by atoms with E-state index in [9.17, 15) is 10.2 Å². The lowest BCUT2D eigenvalue weighted by Gasteiger charge is -2.23. The molecule has 108 valence electrons. The van der Waals surface area contributed by atoms with Crippen LogP contribution in [-0.2, 0) is 0 Å². The fourth-order valence-corrected chi connectivity index (χ4v) is 3.16. The average Bonchev–Trinajstić information content (AvgIpc) is 3.02. The van der Waals surface area contributed by atoms with Crippen molar-refractivity contribution in [1.29, 1.82) is 0 Å². The predicted molar refractivity (Wildman–Crippen MR) is 84.7 cm³/mol. The minimum absolute atomic E-state index is 0.347. The van der Waals surface area contributed by atoms with Crippen molar-refractivity contribution >= 4 is 21.4 Å². The van der Waals surface area contributed by atoms with Gasteiger partial charge in [0.1, 0.15) is 11.9 Å². The third kappa shape index (κ3) is 2.93. The Morgan fingerprint density at radius 1 is 1.00 bits per heavy atom. The van der Waals surface area contributed by atoms with E-state index in [-0.39, 0.29) is 6.61 Å². The second-order valence-electron chi connectivity index (χ2n) is 4.79. The highest BCUT2D eigenvalue weighted by atomic mass is 32.1. The molecule has 0 aliphatic heterocycles. The van der Waals surface area contributed by atoms with Crippen LogP contribution in [0.2, 0.25) is 0 Å². The maximum Gasteiger partial charge on any atom is 0.152 e. The van der Waals surface area contributed by atoms with Gasteiger partial charge >= 0.3 is 0 Å². The van der Waals surface area contributed by atoms with Crippen LogP contribution in [0.15, 0.2) is 60.0 Å². The predicted octanol–water partition coefficient (Wildman–Crippen LogP) is 3.37. The number of hydrogen-bond acceptors (Lipinski definition) is 4. The Morgan fingerprint density at radius 2 is 1.81 bits per heavy atom. The fourth-order valence-electron chi connectivity index (χ4n) is 2.30. The van der Waals surface area contributed by atoms with Crippen LogP contribution in [0.1, 0.15) is 11.7 Å². The number of benzene rings is 2. The molecule has 0 saturated carbocycles. The van der Waals surface area contributed by atoms with Gasteiger partial charge in [0.15, 0.2) is 6.10 Å². The molecule has 0 aliphatic rings. The Bertz CT molecular complexity index is 708. The van der Waals surface area contributed by atoms with Crippen molar-refractivity contribution in [2.24, 2.45) is 0 Å². The number of hydrogen-bond donors (Lipinski definition) is 2. The van der Waals surface area contributed by atoms with Crippen LogP contribution in [-0.4, -0.2) is 22.9 Å². The summed E-state index contributed by atoms with van der Waals surface area (Å²) in [4.78, 5) is 0. The summed E-state index contributed by atoms with van der Waals surface area (Å²) in [6.07, 6.45) is -1.56. The van der Waals surface area contributed by atoms with Gasteiger partial charge in [-0.1, -0.05) is 42.5 Å². The van der Waals surface area contributed by atoms with E-state index in [0.29, 0.717) is 0 Å². The number of aliphatic hydroxyl groups excluding tert-OH is 2. The molecule has 0 spiro atoms. The summed E-state index contributed by atoms with van der Waals surface area (Å²) in [6.45, 7) is -0.347. The Kier molecular flexibility index (Phi) is 4.20. The molecule has 3 rings (SSSR count). The summed E-state index contributed by atoms with van der Waals surface area (Å²) in [5.74, 6) is 0.726. The van der Waals surface area contributed by atoms with Crippen LogP contribution in [0.4, 0.5) is 0 Å². The SMILES string of the molecule is OC[C@H](O)[C@H](Oc1cccc2ccsc12)c1ccccc1. The zero-order valence-corrected chi connectivity index (χ0v) is 12.2. The van der Waals surface area contributed by atoms with E-state index in [1.165, 1.54) is 0 Å². The summed E-state index contributed by atoms with van der Waals surface area (Å²) >= 11 is 1.60. The van der Waals surface area contributed by atoms with E-state index >= 15 is 0 Å². The summed E-state index contributed by atoms with van der Waals surface area (Å²) in [5.41, 5.74) is 0.840. The van der Waals surface area contributed by atoms with Gasteiger partial charge in [-0.2, -0.15) is 0 Å². The Hall–Kier alpha value is -1.88. The molecule has 0 radical (unpaired) electrons. The molecule has 0 saturated heterocycles. The lowest BCUT2D eigenvalue weighted by Crippen LogP contribution is -2.27. The Morgan fingerprint density at radius 3 is 2.57 bits per heavy atom. The van der Waals surface area contributed by atoms with Crippen LogP contribution in [0.5, 0.6) is 5.75 Å². The van der Waals surface area contributed by atoms with E-state index in [0.717, 1.165) is 21.4 Å². The first-order valence-corrected chi connectivity index (χ1v) is 7.64. The number of fused-ring (bicyclic) bond motifs is 1. The van der Waals surface area contributed by atoms with E-state index in [2.05, 4.69) is 0 Å². The minimum atomic E-state index is -0.970. The number of thiophene rings is 1. The third-order valence-electron chi connectivity index (χ3n) is 3.36. The van der Waals surface area contributed by atoms with Gasteiger partial charge in [-0.05, 0) is 28.5 Å². The third-order valence-corrected chi connectivity index (χ3v) is 4.31. The first kappa shape index (κ1) is 14.1.